The second-order valence-electron chi connectivity index (χ2n) is 5.36. The lowest BCUT2D eigenvalue weighted by molar-refractivity contribution is 0.0971. The predicted octanol–water partition coefficient (Wildman–Crippen LogP) is 3.68. The van der Waals surface area contributed by atoms with E-state index in [4.69, 9.17) is 0 Å². The summed E-state index contributed by atoms with van der Waals surface area (Å²) in [6, 6.07) is 18.6. The maximum Gasteiger partial charge on any atom is 0.164 e. The van der Waals surface area contributed by atoms with Gasteiger partial charge in [0.15, 0.2) is 5.78 Å². The quantitative estimate of drug-likeness (QED) is 0.854. The van der Waals surface area contributed by atoms with Crippen molar-refractivity contribution in [1.82, 2.24) is 5.32 Å². The molecule has 2 heteroatoms. The number of hydrogen-bond acceptors (Lipinski definition) is 2. The van der Waals surface area contributed by atoms with E-state index in [1.165, 1.54) is 12.0 Å². The highest BCUT2D eigenvalue weighted by Crippen LogP contribution is 2.20. The van der Waals surface area contributed by atoms with Crippen molar-refractivity contribution in [3.8, 4) is 11.1 Å². The number of nitrogens with one attached hydrogen (secondary N) is 1. The van der Waals surface area contributed by atoms with Gasteiger partial charge in [0.2, 0.25) is 0 Å². The molecule has 1 N–H and O–H groups in total. The van der Waals surface area contributed by atoms with Crippen molar-refractivity contribution in [2.45, 2.75) is 25.3 Å². The molecule has 1 fully saturated rings. The van der Waals surface area contributed by atoms with Crippen LogP contribution in [0.4, 0.5) is 0 Å². The van der Waals surface area contributed by atoms with Crippen molar-refractivity contribution in [3.05, 3.63) is 60.2 Å². The zero-order chi connectivity index (χ0) is 13.8. The fourth-order valence-electron chi connectivity index (χ4n) is 2.75. The highest BCUT2D eigenvalue weighted by Gasteiger charge is 2.18. The number of rotatable bonds is 4. The Labute approximate surface area is 119 Å². The first kappa shape index (κ1) is 13.1. The minimum absolute atomic E-state index is 0.240. The van der Waals surface area contributed by atoms with Crippen LogP contribution in [-0.2, 0) is 0 Å². The molecule has 2 aromatic rings. The molecule has 0 amide bonds. The Morgan fingerprint density at radius 2 is 1.70 bits per heavy atom. The van der Waals surface area contributed by atoms with Gasteiger partial charge >= 0.3 is 0 Å². The normalized spacial score (nSPS) is 18.1. The van der Waals surface area contributed by atoms with E-state index >= 15 is 0 Å². The third kappa shape index (κ3) is 2.97. The van der Waals surface area contributed by atoms with Gasteiger partial charge in [-0.15, -0.1) is 0 Å². The molecule has 2 nitrogen and oxygen atoms in total. The van der Waals surface area contributed by atoms with Gasteiger partial charge in [-0.3, -0.25) is 4.79 Å². The van der Waals surface area contributed by atoms with Gasteiger partial charge in [-0.25, -0.2) is 0 Å². The SMILES string of the molecule is O=C(CC1CCCN1)c1ccc(-c2ccccc2)cc1. The molecule has 1 aliphatic rings. The summed E-state index contributed by atoms with van der Waals surface area (Å²) in [5.41, 5.74) is 3.16. The van der Waals surface area contributed by atoms with Crippen molar-refractivity contribution < 1.29 is 4.79 Å². The van der Waals surface area contributed by atoms with Crippen LogP contribution < -0.4 is 5.32 Å². The molecule has 1 unspecified atom stereocenters. The molecule has 1 saturated heterocycles. The van der Waals surface area contributed by atoms with E-state index in [0.29, 0.717) is 12.5 Å². The van der Waals surface area contributed by atoms with Gasteiger partial charge in [-0.2, -0.15) is 0 Å². The molecular formula is C18H19NO. The molecule has 1 atom stereocenters. The van der Waals surface area contributed by atoms with Crippen molar-refractivity contribution in [3.63, 3.8) is 0 Å². The highest BCUT2D eigenvalue weighted by molar-refractivity contribution is 5.96. The van der Waals surface area contributed by atoms with Crippen LogP contribution in [0.1, 0.15) is 29.6 Å². The Kier molecular flexibility index (Phi) is 3.93. The van der Waals surface area contributed by atoms with Gasteiger partial charge in [0.1, 0.15) is 0 Å². The van der Waals surface area contributed by atoms with E-state index in [9.17, 15) is 4.79 Å². The van der Waals surface area contributed by atoms with Crippen molar-refractivity contribution in [1.29, 1.82) is 0 Å². The van der Waals surface area contributed by atoms with Gasteiger partial charge in [-0.05, 0) is 30.5 Å². The predicted molar refractivity (Wildman–Crippen MR) is 81.9 cm³/mol. The maximum atomic E-state index is 12.2. The molecule has 0 bridgehead atoms. The zero-order valence-corrected chi connectivity index (χ0v) is 11.5. The number of carbonyl (C=O) groups is 1. The first-order valence-electron chi connectivity index (χ1n) is 7.25. The summed E-state index contributed by atoms with van der Waals surface area (Å²) < 4.78 is 0. The summed E-state index contributed by atoms with van der Waals surface area (Å²) in [7, 11) is 0. The summed E-state index contributed by atoms with van der Waals surface area (Å²) in [6.45, 7) is 1.05. The van der Waals surface area contributed by atoms with E-state index in [-0.39, 0.29) is 5.78 Å². The average Bonchev–Trinajstić information content (AvgIpc) is 3.01. The van der Waals surface area contributed by atoms with Gasteiger partial charge in [0.05, 0.1) is 0 Å². The minimum Gasteiger partial charge on any atom is -0.314 e. The number of ketones is 1. The summed E-state index contributed by atoms with van der Waals surface area (Å²) in [5.74, 6) is 0.240. The van der Waals surface area contributed by atoms with Crippen LogP contribution in [0.25, 0.3) is 11.1 Å². The molecule has 2 aromatic carbocycles. The van der Waals surface area contributed by atoms with E-state index in [1.807, 2.05) is 42.5 Å². The number of Topliss-reactive ketones (excluding diaryl/α,β-unsaturated/α-hetero) is 1. The molecular weight excluding hydrogens is 246 g/mol. The Balaban J connectivity index is 1.71. The van der Waals surface area contributed by atoms with Crippen LogP contribution >= 0.6 is 0 Å². The van der Waals surface area contributed by atoms with Crippen molar-refractivity contribution in [2.75, 3.05) is 6.54 Å². The fraction of sp³-hybridized carbons (Fsp3) is 0.278. The van der Waals surface area contributed by atoms with E-state index in [1.54, 1.807) is 0 Å². The minimum atomic E-state index is 0.240. The third-order valence-electron chi connectivity index (χ3n) is 3.91. The van der Waals surface area contributed by atoms with Crippen LogP contribution in [0.2, 0.25) is 0 Å². The fourth-order valence-corrected chi connectivity index (χ4v) is 2.75. The first-order chi connectivity index (χ1) is 9.83. The number of benzene rings is 2. The molecule has 3 rings (SSSR count). The van der Waals surface area contributed by atoms with Gasteiger partial charge in [0, 0.05) is 18.0 Å². The van der Waals surface area contributed by atoms with Crippen molar-refractivity contribution >= 4 is 5.78 Å². The van der Waals surface area contributed by atoms with Gasteiger partial charge in [0.25, 0.3) is 0 Å². The van der Waals surface area contributed by atoms with Crippen LogP contribution in [0.3, 0.4) is 0 Å². The Hall–Kier alpha value is -1.93. The highest BCUT2D eigenvalue weighted by atomic mass is 16.1. The third-order valence-corrected chi connectivity index (χ3v) is 3.91. The Morgan fingerprint density at radius 3 is 2.35 bits per heavy atom. The summed E-state index contributed by atoms with van der Waals surface area (Å²) >= 11 is 0. The molecule has 0 spiro atoms. The zero-order valence-electron chi connectivity index (χ0n) is 11.5. The van der Waals surface area contributed by atoms with E-state index in [2.05, 4.69) is 17.4 Å². The van der Waals surface area contributed by atoms with Crippen LogP contribution in [0.5, 0.6) is 0 Å². The molecule has 0 aromatic heterocycles. The summed E-state index contributed by atoms with van der Waals surface area (Å²) in [5, 5.41) is 3.37. The maximum absolute atomic E-state index is 12.2. The lowest BCUT2D eigenvalue weighted by Gasteiger charge is -2.09. The van der Waals surface area contributed by atoms with E-state index in [0.717, 1.165) is 24.1 Å². The van der Waals surface area contributed by atoms with Gasteiger partial charge in [-0.1, -0.05) is 54.6 Å². The summed E-state index contributed by atoms with van der Waals surface area (Å²) in [6.07, 6.45) is 2.92. The second kappa shape index (κ2) is 6.02. The topological polar surface area (TPSA) is 29.1 Å². The number of hydrogen-bond donors (Lipinski definition) is 1. The lowest BCUT2D eigenvalue weighted by atomic mass is 9.99. The lowest BCUT2D eigenvalue weighted by Crippen LogP contribution is -2.24. The summed E-state index contributed by atoms with van der Waals surface area (Å²) in [4.78, 5) is 12.2. The standard InChI is InChI=1S/C18H19NO/c20-18(13-17-7-4-12-19-17)16-10-8-15(9-11-16)14-5-2-1-3-6-14/h1-3,5-6,8-11,17,19H,4,7,12-13H2. The van der Waals surface area contributed by atoms with Crippen LogP contribution in [0, 0.1) is 0 Å². The van der Waals surface area contributed by atoms with Gasteiger partial charge < -0.3 is 5.32 Å². The second-order valence-corrected chi connectivity index (χ2v) is 5.36. The molecule has 0 saturated carbocycles. The monoisotopic (exact) mass is 265 g/mol. The van der Waals surface area contributed by atoms with Crippen molar-refractivity contribution in [2.24, 2.45) is 0 Å². The Morgan fingerprint density at radius 1 is 1.00 bits per heavy atom. The first-order valence-corrected chi connectivity index (χ1v) is 7.25. The van der Waals surface area contributed by atoms with E-state index < -0.39 is 0 Å². The molecule has 20 heavy (non-hydrogen) atoms. The molecule has 0 aliphatic carbocycles. The molecule has 0 radical (unpaired) electrons. The molecule has 102 valence electrons. The smallest absolute Gasteiger partial charge is 0.164 e. The Bertz CT molecular complexity index is 568. The van der Waals surface area contributed by atoms with Crippen LogP contribution in [0.15, 0.2) is 54.6 Å². The largest absolute Gasteiger partial charge is 0.314 e. The molecule has 1 heterocycles. The average molecular weight is 265 g/mol. The molecule has 1 aliphatic heterocycles. The van der Waals surface area contributed by atoms with Crippen LogP contribution in [-0.4, -0.2) is 18.4 Å². The number of carbonyl (C=O) groups excluding carboxylic acids is 1.